The van der Waals surface area contributed by atoms with Crippen LogP contribution in [0.2, 0.25) is 0 Å². The predicted octanol–water partition coefficient (Wildman–Crippen LogP) is 5.54. The molecular weight excluding hydrogens is 416 g/mol. The fraction of sp³-hybridized carbons (Fsp3) is 0.444. The standard InChI is InChI=1S/C27H36N2O4/c1-19(2)14-22(17-32-21(4)30)18-33-27-12-6-23(7-13-27)20(3)29-16-25(15-28)24-8-10-26(31-5)11-9-24/h6-13,15,19,22,25,28H,14,16-18H2,1-5H3. The first-order valence-corrected chi connectivity index (χ1v) is 11.3. The number of nitrogens with one attached hydrogen (secondary N) is 1. The number of rotatable bonds is 13. The third-order valence-electron chi connectivity index (χ3n) is 5.36. The van der Waals surface area contributed by atoms with Crippen molar-refractivity contribution in [1.29, 1.82) is 5.41 Å². The molecule has 0 bridgehead atoms. The van der Waals surface area contributed by atoms with E-state index in [1.54, 1.807) is 7.11 Å². The summed E-state index contributed by atoms with van der Waals surface area (Å²) in [5.41, 5.74) is 2.96. The molecule has 0 aromatic heterocycles. The maximum Gasteiger partial charge on any atom is 0.302 e. The van der Waals surface area contributed by atoms with Crippen molar-refractivity contribution in [3.05, 3.63) is 59.7 Å². The number of carbonyl (C=O) groups is 1. The van der Waals surface area contributed by atoms with Crippen LogP contribution in [0.15, 0.2) is 53.5 Å². The van der Waals surface area contributed by atoms with Gasteiger partial charge in [0, 0.05) is 30.7 Å². The van der Waals surface area contributed by atoms with Crippen LogP contribution in [-0.4, -0.2) is 44.8 Å². The molecule has 2 aromatic rings. The van der Waals surface area contributed by atoms with Crippen molar-refractivity contribution in [3.63, 3.8) is 0 Å². The molecule has 0 radical (unpaired) electrons. The first-order valence-electron chi connectivity index (χ1n) is 11.3. The summed E-state index contributed by atoms with van der Waals surface area (Å²) in [6.45, 7) is 9.08. The van der Waals surface area contributed by atoms with Gasteiger partial charge in [-0.1, -0.05) is 26.0 Å². The van der Waals surface area contributed by atoms with Gasteiger partial charge in [0.1, 0.15) is 11.5 Å². The molecule has 0 spiro atoms. The monoisotopic (exact) mass is 452 g/mol. The minimum Gasteiger partial charge on any atom is -0.497 e. The second kappa shape index (κ2) is 13.4. The van der Waals surface area contributed by atoms with Gasteiger partial charge in [-0.25, -0.2) is 0 Å². The van der Waals surface area contributed by atoms with Crippen molar-refractivity contribution in [2.75, 3.05) is 26.9 Å². The largest absolute Gasteiger partial charge is 0.497 e. The third kappa shape index (κ3) is 9.08. The molecule has 178 valence electrons. The molecular formula is C27H36N2O4. The summed E-state index contributed by atoms with van der Waals surface area (Å²) in [5, 5.41) is 7.78. The quantitative estimate of drug-likeness (QED) is 0.319. The Morgan fingerprint density at radius 1 is 1.00 bits per heavy atom. The van der Waals surface area contributed by atoms with Crippen molar-refractivity contribution in [1.82, 2.24) is 0 Å². The van der Waals surface area contributed by atoms with Gasteiger partial charge in [0.05, 0.1) is 26.9 Å². The summed E-state index contributed by atoms with van der Waals surface area (Å²) < 4.78 is 16.3. The number of aliphatic imine (C=N–C) groups is 1. The highest BCUT2D eigenvalue weighted by atomic mass is 16.5. The summed E-state index contributed by atoms with van der Waals surface area (Å²) in [4.78, 5) is 15.8. The Kier molecular flexibility index (Phi) is 10.6. The van der Waals surface area contributed by atoms with Crippen LogP contribution in [0.25, 0.3) is 0 Å². The molecule has 0 saturated heterocycles. The predicted molar refractivity (Wildman–Crippen MR) is 133 cm³/mol. The van der Waals surface area contributed by atoms with Gasteiger partial charge in [-0.2, -0.15) is 0 Å². The number of hydrogen-bond acceptors (Lipinski definition) is 6. The Morgan fingerprint density at radius 2 is 1.64 bits per heavy atom. The van der Waals surface area contributed by atoms with E-state index in [1.165, 1.54) is 13.1 Å². The molecule has 0 heterocycles. The normalized spacial score (nSPS) is 13.3. The van der Waals surface area contributed by atoms with Crippen LogP contribution in [0.1, 0.15) is 51.2 Å². The number of esters is 1. The maximum absolute atomic E-state index is 11.1. The number of methoxy groups -OCH3 is 1. The summed E-state index contributed by atoms with van der Waals surface area (Å²) >= 11 is 0. The van der Waals surface area contributed by atoms with Gasteiger partial charge in [0.15, 0.2) is 0 Å². The van der Waals surface area contributed by atoms with Gasteiger partial charge in [-0.05, 0) is 66.8 Å². The minimum atomic E-state index is -0.264. The van der Waals surface area contributed by atoms with E-state index in [0.29, 0.717) is 25.7 Å². The first-order chi connectivity index (χ1) is 15.8. The highest BCUT2D eigenvalue weighted by Gasteiger charge is 2.14. The summed E-state index contributed by atoms with van der Waals surface area (Å²) in [7, 11) is 1.64. The van der Waals surface area contributed by atoms with E-state index in [9.17, 15) is 4.79 Å². The highest BCUT2D eigenvalue weighted by Crippen LogP contribution is 2.20. The fourth-order valence-electron chi connectivity index (χ4n) is 3.52. The van der Waals surface area contributed by atoms with E-state index < -0.39 is 0 Å². The molecule has 0 amide bonds. The van der Waals surface area contributed by atoms with Crippen molar-refractivity contribution < 1.29 is 19.0 Å². The Morgan fingerprint density at radius 3 is 2.18 bits per heavy atom. The van der Waals surface area contributed by atoms with Gasteiger partial charge < -0.3 is 19.6 Å². The number of benzene rings is 2. The van der Waals surface area contributed by atoms with E-state index >= 15 is 0 Å². The van der Waals surface area contributed by atoms with Crippen LogP contribution < -0.4 is 9.47 Å². The number of carbonyl (C=O) groups excluding carboxylic acids is 1. The molecule has 0 aliphatic rings. The zero-order valence-electron chi connectivity index (χ0n) is 20.3. The van der Waals surface area contributed by atoms with Crippen LogP contribution in [0.4, 0.5) is 0 Å². The second-order valence-electron chi connectivity index (χ2n) is 8.61. The number of ether oxygens (including phenoxy) is 3. The Balaban J connectivity index is 1.95. The lowest BCUT2D eigenvalue weighted by Gasteiger charge is -2.19. The summed E-state index contributed by atoms with van der Waals surface area (Å²) in [5.74, 6) is 1.89. The van der Waals surface area contributed by atoms with Crippen LogP contribution in [-0.2, 0) is 9.53 Å². The van der Waals surface area contributed by atoms with E-state index in [-0.39, 0.29) is 17.8 Å². The number of nitrogens with zero attached hydrogens (tertiary/aromatic N) is 1. The molecule has 0 saturated carbocycles. The minimum absolute atomic E-state index is 0.0800. The van der Waals surface area contributed by atoms with Gasteiger partial charge in [0.25, 0.3) is 0 Å². The molecule has 0 aliphatic heterocycles. The van der Waals surface area contributed by atoms with Crippen LogP contribution in [0, 0.1) is 17.2 Å². The van der Waals surface area contributed by atoms with Crippen LogP contribution in [0.3, 0.4) is 0 Å². The SMILES string of the molecule is COc1ccc(C(C=N)CN=C(C)c2ccc(OCC(COC(C)=O)CC(C)C)cc2)cc1. The average molecular weight is 453 g/mol. The molecule has 2 atom stereocenters. The molecule has 0 aliphatic carbocycles. The lowest BCUT2D eigenvalue weighted by atomic mass is 9.98. The lowest BCUT2D eigenvalue weighted by Crippen LogP contribution is -2.21. The summed E-state index contributed by atoms with van der Waals surface area (Å²) in [6.07, 6.45) is 2.36. The van der Waals surface area contributed by atoms with E-state index in [1.807, 2.05) is 55.5 Å². The molecule has 0 fully saturated rings. The van der Waals surface area contributed by atoms with Gasteiger partial charge >= 0.3 is 5.97 Å². The molecule has 2 aromatic carbocycles. The average Bonchev–Trinajstić information content (AvgIpc) is 2.81. The van der Waals surface area contributed by atoms with Gasteiger partial charge in [-0.15, -0.1) is 0 Å². The Labute approximate surface area is 197 Å². The molecule has 6 heteroatoms. The summed E-state index contributed by atoms with van der Waals surface area (Å²) in [6, 6.07) is 15.6. The molecule has 2 unspecified atom stereocenters. The van der Waals surface area contributed by atoms with E-state index in [4.69, 9.17) is 24.6 Å². The van der Waals surface area contributed by atoms with Gasteiger partial charge in [0.2, 0.25) is 0 Å². The van der Waals surface area contributed by atoms with Gasteiger partial charge in [-0.3, -0.25) is 9.79 Å². The fourth-order valence-corrected chi connectivity index (χ4v) is 3.52. The van der Waals surface area contributed by atoms with E-state index in [0.717, 1.165) is 34.8 Å². The third-order valence-corrected chi connectivity index (χ3v) is 5.36. The number of hydrogen-bond donors (Lipinski definition) is 1. The van der Waals surface area contributed by atoms with Crippen LogP contribution in [0.5, 0.6) is 11.5 Å². The Bertz CT molecular complexity index is 905. The van der Waals surface area contributed by atoms with Crippen LogP contribution >= 0.6 is 0 Å². The van der Waals surface area contributed by atoms with Crippen molar-refractivity contribution in [2.45, 2.75) is 40.0 Å². The van der Waals surface area contributed by atoms with E-state index in [2.05, 4.69) is 13.8 Å². The maximum atomic E-state index is 11.1. The van der Waals surface area contributed by atoms with Crippen molar-refractivity contribution in [3.8, 4) is 11.5 Å². The van der Waals surface area contributed by atoms with Crippen molar-refractivity contribution in [2.24, 2.45) is 16.8 Å². The Hall–Kier alpha value is -3.15. The molecule has 2 rings (SSSR count). The smallest absolute Gasteiger partial charge is 0.302 e. The topological polar surface area (TPSA) is 81.0 Å². The highest BCUT2D eigenvalue weighted by molar-refractivity contribution is 5.98. The molecule has 33 heavy (non-hydrogen) atoms. The molecule has 6 nitrogen and oxygen atoms in total. The zero-order valence-corrected chi connectivity index (χ0v) is 20.3. The van der Waals surface area contributed by atoms with Crippen molar-refractivity contribution >= 4 is 17.9 Å². The first kappa shape index (κ1) is 26.1. The molecule has 1 N–H and O–H groups in total. The second-order valence-corrected chi connectivity index (χ2v) is 8.61. The lowest BCUT2D eigenvalue weighted by molar-refractivity contribution is -0.142. The zero-order chi connectivity index (χ0) is 24.2.